The molecule has 0 aliphatic heterocycles. The molecule has 0 bridgehead atoms. The predicted octanol–water partition coefficient (Wildman–Crippen LogP) is 4.09. The number of rotatable bonds is 4. The molecule has 0 atom stereocenters. The molecular formula is C14H10Br2ClN5O. The van der Waals surface area contributed by atoms with Crippen molar-refractivity contribution in [2.24, 2.45) is 0 Å². The number of nitrogens with one attached hydrogen (secondary N) is 2. The first-order chi connectivity index (χ1) is 11.0. The van der Waals surface area contributed by atoms with Gasteiger partial charge in [-0.2, -0.15) is 10.2 Å². The highest BCUT2D eigenvalue weighted by Crippen LogP contribution is 2.24. The number of carbonyl (C=O) groups is 1. The van der Waals surface area contributed by atoms with Crippen molar-refractivity contribution < 1.29 is 4.79 Å². The Morgan fingerprint density at radius 2 is 2.22 bits per heavy atom. The molecule has 0 spiro atoms. The third-order valence-corrected chi connectivity index (χ3v) is 5.12. The summed E-state index contributed by atoms with van der Waals surface area (Å²) in [6, 6.07) is 7.54. The van der Waals surface area contributed by atoms with Crippen LogP contribution in [0.3, 0.4) is 0 Å². The van der Waals surface area contributed by atoms with Gasteiger partial charge in [-0.3, -0.25) is 14.6 Å². The van der Waals surface area contributed by atoms with E-state index in [-0.39, 0.29) is 11.6 Å². The minimum atomic E-state index is -0.332. The van der Waals surface area contributed by atoms with Crippen LogP contribution in [0.25, 0.3) is 0 Å². The number of amides is 1. The van der Waals surface area contributed by atoms with Gasteiger partial charge in [0.2, 0.25) is 0 Å². The van der Waals surface area contributed by atoms with E-state index in [1.807, 2.05) is 24.3 Å². The predicted molar refractivity (Wildman–Crippen MR) is 94.7 cm³/mol. The van der Waals surface area contributed by atoms with E-state index < -0.39 is 0 Å². The van der Waals surface area contributed by atoms with Crippen molar-refractivity contribution >= 4 is 55.1 Å². The second-order valence-electron chi connectivity index (χ2n) is 4.71. The Hall–Kier alpha value is -1.64. The molecule has 1 aromatic carbocycles. The van der Waals surface area contributed by atoms with Crippen molar-refractivity contribution in [2.75, 3.05) is 5.32 Å². The van der Waals surface area contributed by atoms with Crippen LogP contribution in [0.2, 0.25) is 5.02 Å². The lowest BCUT2D eigenvalue weighted by atomic mass is 10.2. The summed E-state index contributed by atoms with van der Waals surface area (Å²) in [7, 11) is 0. The Labute approximate surface area is 153 Å². The molecular weight excluding hydrogens is 449 g/mol. The van der Waals surface area contributed by atoms with E-state index >= 15 is 0 Å². The van der Waals surface area contributed by atoms with Gasteiger partial charge in [-0.05, 0) is 49.6 Å². The van der Waals surface area contributed by atoms with Crippen molar-refractivity contribution in [1.29, 1.82) is 0 Å². The summed E-state index contributed by atoms with van der Waals surface area (Å²) in [5.74, 6) is -0.332. The lowest BCUT2D eigenvalue weighted by molar-refractivity contribution is 0.102. The second-order valence-corrected chi connectivity index (χ2v) is 6.73. The summed E-state index contributed by atoms with van der Waals surface area (Å²) in [6.45, 7) is 0.564. The average molecular weight is 460 g/mol. The molecule has 2 N–H and O–H groups in total. The van der Waals surface area contributed by atoms with Crippen LogP contribution in [0, 0.1) is 0 Å². The fourth-order valence-electron chi connectivity index (χ4n) is 1.98. The topological polar surface area (TPSA) is 75.6 Å². The van der Waals surface area contributed by atoms with E-state index in [1.165, 1.54) is 0 Å². The van der Waals surface area contributed by atoms with Crippen molar-refractivity contribution in [3.63, 3.8) is 0 Å². The summed E-state index contributed by atoms with van der Waals surface area (Å²) in [5, 5.41) is 14.2. The zero-order valence-corrected chi connectivity index (χ0v) is 15.5. The Bertz CT molecular complexity index is 860. The van der Waals surface area contributed by atoms with E-state index in [2.05, 4.69) is 52.5 Å². The van der Waals surface area contributed by atoms with Gasteiger partial charge in [0, 0.05) is 11.2 Å². The fraction of sp³-hybridized carbons (Fsp3) is 0.0714. The summed E-state index contributed by atoms with van der Waals surface area (Å²) in [5.41, 5.74) is 1.87. The first kappa shape index (κ1) is 16.2. The molecule has 23 heavy (non-hydrogen) atoms. The maximum absolute atomic E-state index is 12.2. The van der Waals surface area contributed by atoms with Crippen LogP contribution in [0.1, 0.15) is 16.1 Å². The van der Waals surface area contributed by atoms with Crippen LogP contribution in [0.5, 0.6) is 0 Å². The third-order valence-electron chi connectivity index (χ3n) is 3.01. The highest BCUT2D eigenvalue weighted by atomic mass is 79.9. The number of halogens is 3. The van der Waals surface area contributed by atoms with E-state index in [0.717, 1.165) is 5.56 Å². The Morgan fingerprint density at radius 1 is 1.39 bits per heavy atom. The Kier molecular flexibility index (Phi) is 4.84. The first-order valence-corrected chi connectivity index (χ1v) is 8.47. The molecule has 6 nitrogen and oxygen atoms in total. The van der Waals surface area contributed by atoms with Crippen molar-refractivity contribution in [3.8, 4) is 0 Å². The second kappa shape index (κ2) is 6.86. The molecule has 2 aromatic heterocycles. The summed E-state index contributed by atoms with van der Waals surface area (Å²) < 4.78 is 2.90. The molecule has 0 saturated carbocycles. The van der Waals surface area contributed by atoms with Gasteiger partial charge >= 0.3 is 0 Å². The molecule has 0 aliphatic rings. The van der Waals surface area contributed by atoms with Gasteiger partial charge in [0.25, 0.3) is 5.91 Å². The van der Waals surface area contributed by atoms with Gasteiger partial charge in [-0.25, -0.2) is 0 Å². The number of benzene rings is 1. The molecule has 0 fully saturated rings. The first-order valence-electron chi connectivity index (χ1n) is 6.50. The van der Waals surface area contributed by atoms with Crippen LogP contribution in [0.4, 0.5) is 5.69 Å². The van der Waals surface area contributed by atoms with Gasteiger partial charge in [0.15, 0.2) is 5.69 Å². The molecule has 3 rings (SSSR count). The van der Waals surface area contributed by atoms with Crippen molar-refractivity contribution in [2.45, 2.75) is 6.54 Å². The highest BCUT2D eigenvalue weighted by molar-refractivity contribution is 9.13. The SMILES string of the molecule is O=C(Nc1cnn(Cc2cccc(Cl)c2)c1)c1n[nH]c(Br)c1Br. The standard InChI is InChI=1S/C14H10Br2ClN5O/c15-11-12(20-21-13(11)16)14(23)19-10-5-18-22(7-10)6-8-2-1-3-9(17)4-8/h1-5,7H,6H2,(H,19,23)(H,20,21). The monoisotopic (exact) mass is 457 g/mol. The van der Waals surface area contributed by atoms with E-state index in [4.69, 9.17) is 11.6 Å². The van der Waals surface area contributed by atoms with Crippen molar-refractivity contribution in [3.05, 3.63) is 62.0 Å². The molecule has 3 aromatic rings. The maximum Gasteiger partial charge on any atom is 0.277 e. The molecule has 2 heterocycles. The number of H-pyrrole nitrogens is 1. The van der Waals surface area contributed by atoms with Gasteiger partial charge in [-0.1, -0.05) is 23.7 Å². The quantitative estimate of drug-likeness (QED) is 0.617. The number of hydrogen-bond acceptors (Lipinski definition) is 3. The average Bonchev–Trinajstić information content (AvgIpc) is 3.07. The number of anilines is 1. The van der Waals surface area contributed by atoms with Crippen LogP contribution >= 0.6 is 43.5 Å². The minimum absolute atomic E-state index is 0.263. The number of aromatic nitrogens is 4. The zero-order chi connectivity index (χ0) is 16.4. The maximum atomic E-state index is 12.2. The van der Waals surface area contributed by atoms with E-state index in [9.17, 15) is 4.79 Å². The largest absolute Gasteiger partial charge is 0.318 e. The lowest BCUT2D eigenvalue weighted by Gasteiger charge is -2.02. The Morgan fingerprint density at radius 3 is 2.91 bits per heavy atom. The van der Waals surface area contributed by atoms with Gasteiger partial charge in [0.1, 0.15) is 4.60 Å². The molecule has 0 unspecified atom stereocenters. The van der Waals surface area contributed by atoms with Crippen LogP contribution in [0.15, 0.2) is 45.7 Å². The zero-order valence-electron chi connectivity index (χ0n) is 11.6. The van der Waals surface area contributed by atoms with Crippen LogP contribution < -0.4 is 5.32 Å². The fourth-order valence-corrected chi connectivity index (χ4v) is 2.83. The molecule has 0 aliphatic carbocycles. The van der Waals surface area contributed by atoms with Gasteiger partial charge in [-0.15, -0.1) is 0 Å². The lowest BCUT2D eigenvalue weighted by Crippen LogP contribution is -2.12. The van der Waals surface area contributed by atoms with E-state index in [0.29, 0.717) is 26.3 Å². The van der Waals surface area contributed by atoms with Gasteiger partial charge in [0.05, 0.1) is 22.9 Å². The molecule has 9 heteroatoms. The normalized spacial score (nSPS) is 10.7. The van der Waals surface area contributed by atoms with Crippen molar-refractivity contribution in [1.82, 2.24) is 20.0 Å². The number of hydrogen-bond donors (Lipinski definition) is 2. The highest BCUT2D eigenvalue weighted by Gasteiger charge is 2.17. The van der Waals surface area contributed by atoms with E-state index in [1.54, 1.807) is 17.1 Å². The molecule has 0 saturated heterocycles. The summed E-state index contributed by atoms with van der Waals surface area (Å²) in [4.78, 5) is 12.2. The Balaban J connectivity index is 1.70. The smallest absolute Gasteiger partial charge is 0.277 e. The minimum Gasteiger partial charge on any atom is -0.318 e. The number of carbonyl (C=O) groups excluding carboxylic acids is 1. The summed E-state index contributed by atoms with van der Waals surface area (Å²) in [6.07, 6.45) is 3.33. The number of aromatic amines is 1. The van der Waals surface area contributed by atoms with Crippen LogP contribution in [-0.2, 0) is 6.54 Å². The molecule has 0 radical (unpaired) electrons. The van der Waals surface area contributed by atoms with Crippen LogP contribution in [-0.4, -0.2) is 25.9 Å². The number of nitrogens with zero attached hydrogens (tertiary/aromatic N) is 3. The summed E-state index contributed by atoms with van der Waals surface area (Å²) >= 11 is 12.5. The molecule has 118 valence electrons. The third kappa shape index (κ3) is 3.82. The van der Waals surface area contributed by atoms with Gasteiger partial charge < -0.3 is 5.32 Å². The molecule has 1 amide bonds.